The van der Waals surface area contributed by atoms with Gasteiger partial charge in [-0.2, -0.15) is 13.2 Å². The van der Waals surface area contributed by atoms with Crippen molar-refractivity contribution < 1.29 is 17.6 Å². The first-order chi connectivity index (χ1) is 11.8. The van der Waals surface area contributed by atoms with Gasteiger partial charge in [-0.1, -0.05) is 51.5 Å². The first kappa shape index (κ1) is 25.1. The minimum Gasteiger partial charge on any atom is -0.394 e. The number of hydrogen-bond donors (Lipinski definition) is 1. The van der Waals surface area contributed by atoms with Gasteiger partial charge in [0.2, 0.25) is 0 Å². The monoisotopic (exact) mass is 360 g/mol. The predicted molar refractivity (Wildman–Crippen MR) is 99.0 cm³/mol. The molecule has 1 aromatic rings. The molecule has 0 atom stereocenters. The lowest BCUT2D eigenvalue weighted by Crippen LogP contribution is -2.22. The number of aliphatic imine (C=N–C) groups is 1. The topological polar surface area (TPSA) is 38.4 Å². The highest BCUT2D eigenvalue weighted by atomic mass is 19.4. The fourth-order valence-corrected chi connectivity index (χ4v) is 1.50. The maximum absolute atomic E-state index is 13.5. The van der Waals surface area contributed by atoms with Crippen LogP contribution in [0.15, 0.2) is 47.6 Å². The van der Waals surface area contributed by atoms with E-state index >= 15 is 0 Å². The van der Waals surface area contributed by atoms with Crippen LogP contribution in [0.3, 0.4) is 0 Å². The minimum absolute atomic E-state index is 0.218. The van der Waals surface area contributed by atoms with Gasteiger partial charge in [-0.15, -0.1) is 6.58 Å². The summed E-state index contributed by atoms with van der Waals surface area (Å²) in [6.07, 6.45) is 0.530. The van der Waals surface area contributed by atoms with Crippen molar-refractivity contribution >= 4 is 11.8 Å². The van der Waals surface area contributed by atoms with Crippen molar-refractivity contribution in [2.75, 3.05) is 6.54 Å². The van der Waals surface area contributed by atoms with E-state index in [1.54, 1.807) is 6.92 Å². The third-order valence-corrected chi connectivity index (χ3v) is 2.66. The normalized spacial score (nSPS) is 11.7. The van der Waals surface area contributed by atoms with Crippen LogP contribution in [0.1, 0.15) is 46.1 Å². The molecule has 0 amide bonds. The molecule has 6 heteroatoms. The Bertz CT molecular complexity index is 547. The molecule has 0 radical (unpaired) electrons. The number of hydrogen-bond acceptors (Lipinski definition) is 2. The van der Waals surface area contributed by atoms with E-state index in [2.05, 4.69) is 18.5 Å². The maximum Gasteiger partial charge on any atom is 0.431 e. The van der Waals surface area contributed by atoms with Crippen LogP contribution in [0.2, 0.25) is 0 Å². The molecule has 25 heavy (non-hydrogen) atoms. The van der Waals surface area contributed by atoms with Crippen molar-refractivity contribution in [3.63, 3.8) is 0 Å². The lowest BCUT2D eigenvalue weighted by molar-refractivity contribution is -0.0918. The van der Waals surface area contributed by atoms with Crippen LogP contribution in [-0.4, -0.2) is 18.9 Å². The van der Waals surface area contributed by atoms with Gasteiger partial charge in [-0.05, 0) is 19.4 Å². The molecule has 0 fully saturated rings. The summed E-state index contributed by atoms with van der Waals surface area (Å²) in [5, 5.41) is 0. The van der Waals surface area contributed by atoms with E-state index in [0.717, 1.165) is 18.7 Å². The molecular formula is C19H28F4N2. The molecular weight excluding hydrogens is 332 g/mol. The lowest BCUT2D eigenvalue weighted by atomic mass is 10.0. The lowest BCUT2D eigenvalue weighted by Gasteiger charge is -2.12. The molecule has 0 saturated heterocycles. The van der Waals surface area contributed by atoms with Gasteiger partial charge in [0.15, 0.2) is 0 Å². The summed E-state index contributed by atoms with van der Waals surface area (Å²) < 4.78 is 51.2. The fraction of sp³-hybridized carbons (Fsp3) is 0.421. The fourth-order valence-electron chi connectivity index (χ4n) is 1.50. The first-order valence-corrected chi connectivity index (χ1v) is 8.22. The molecule has 142 valence electrons. The van der Waals surface area contributed by atoms with Crippen LogP contribution in [0.5, 0.6) is 0 Å². The Morgan fingerprint density at radius 3 is 2.12 bits per heavy atom. The average Bonchev–Trinajstić information content (AvgIpc) is 2.58. The Labute approximate surface area is 148 Å². The molecule has 0 bridgehead atoms. The number of alkyl halides is 3. The van der Waals surface area contributed by atoms with Gasteiger partial charge >= 0.3 is 6.18 Å². The quantitative estimate of drug-likeness (QED) is 0.382. The summed E-state index contributed by atoms with van der Waals surface area (Å²) >= 11 is 0. The Morgan fingerprint density at radius 1 is 1.20 bits per heavy atom. The molecule has 0 aliphatic carbocycles. The highest BCUT2D eigenvalue weighted by molar-refractivity contribution is 6.11. The Hall–Kier alpha value is -2.11. The standard InChI is InChI=1S/C12H12F4N2.C5H10.C2H6/c1-2-18-7-9(11(17)12(14,15)16)8-5-3-4-6-10(8)13;1-3-5-4-2;1-2/h3-7H,2,17H2,1H3;3H,1,4-5H2,2H3;1-2H3/b11-9+,18-7?;;. The van der Waals surface area contributed by atoms with E-state index in [0.29, 0.717) is 0 Å². The summed E-state index contributed by atoms with van der Waals surface area (Å²) in [4.78, 5) is 3.69. The third-order valence-electron chi connectivity index (χ3n) is 2.66. The van der Waals surface area contributed by atoms with Crippen molar-refractivity contribution in [2.24, 2.45) is 10.7 Å². The molecule has 1 aromatic carbocycles. The molecule has 2 nitrogen and oxygen atoms in total. The molecule has 0 spiro atoms. The Morgan fingerprint density at radius 2 is 1.76 bits per heavy atom. The SMILES string of the molecule is C=CCCC.CC.CCN=C/C(=C(\N)C(F)(F)F)c1ccccc1F. The minimum atomic E-state index is -4.72. The van der Waals surface area contributed by atoms with Gasteiger partial charge in [-0.3, -0.25) is 4.99 Å². The number of nitrogens with two attached hydrogens (primary N) is 1. The second-order valence-electron chi connectivity index (χ2n) is 4.51. The first-order valence-electron chi connectivity index (χ1n) is 8.22. The average molecular weight is 360 g/mol. The highest BCUT2D eigenvalue weighted by Crippen LogP contribution is 2.29. The second-order valence-corrected chi connectivity index (χ2v) is 4.51. The summed E-state index contributed by atoms with van der Waals surface area (Å²) in [6, 6.07) is 5.11. The Kier molecular flexibility index (Phi) is 14.3. The van der Waals surface area contributed by atoms with Crippen LogP contribution >= 0.6 is 0 Å². The van der Waals surface area contributed by atoms with Gasteiger partial charge in [0.1, 0.15) is 11.5 Å². The number of benzene rings is 1. The molecule has 0 unspecified atom stereocenters. The smallest absolute Gasteiger partial charge is 0.394 e. The number of rotatable bonds is 5. The molecule has 1 rings (SSSR count). The second kappa shape index (κ2) is 14.3. The zero-order valence-electron chi connectivity index (χ0n) is 15.3. The number of allylic oxidation sites excluding steroid dienone is 3. The van der Waals surface area contributed by atoms with E-state index in [4.69, 9.17) is 5.73 Å². The van der Waals surface area contributed by atoms with Crippen molar-refractivity contribution in [1.82, 2.24) is 0 Å². The van der Waals surface area contributed by atoms with Crippen LogP contribution < -0.4 is 5.73 Å². The summed E-state index contributed by atoms with van der Waals surface area (Å²) in [5.74, 6) is -0.776. The van der Waals surface area contributed by atoms with E-state index in [1.165, 1.54) is 24.6 Å². The molecule has 0 heterocycles. The molecule has 0 aliphatic heterocycles. The van der Waals surface area contributed by atoms with Crippen molar-refractivity contribution in [3.8, 4) is 0 Å². The number of halogens is 4. The zero-order valence-corrected chi connectivity index (χ0v) is 15.3. The zero-order chi connectivity index (χ0) is 19.9. The molecule has 2 N–H and O–H groups in total. The van der Waals surface area contributed by atoms with Gasteiger partial charge in [-0.25, -0.2) is 4.39 Å². The van der Waals surface area contributed by atoms with Gasteiger partial charge < -0.3 is 5.73 Å². The Balaban J connectivity index is 0. The number of nitrogens with zero attached hydrogens (tertiary/aromatic N) is 1. The van der Waals surface area contributed by atoms with Gasteiger partial charge in [0.05, 0.1) is 0 Å². The van der Waals surface area contributed by atoms with E-state index in [9.17, 15) is 17.6 Å². The van der Waals surface area contributed by atoms with Gasteiger partial charge in [0.25, 0.3) is 0 Å². The van der Waals surface area contributed by atoms with Crippen LogP contribution in [0.25, 0.3) is 5.57 Å². The van der Waals surface area contributed by atoms with E-state index in [-0.39, 0.29) is 12.1 Å². The largest absolute Gasteiger partial charge is 0.431 e. The highest BCUT2D eigenvalue weighted by Gasteiger charge is 2.34. The van der Waals surface area contributed by atoms with Gasteiger partial charge in [0, 0.05) is 23.9 Å². The molecule has 0 aromatic heterocycles. The molecule has 0 saturated carbocycles. The number of unbranched alkanes of at least 4 members (excludes halogenated alkanes) is 1. The summed E-state index contributed by atoms with van der Waals surface area (Å²) in [7, 11) is 0. The summed E-state index contributed by atoms with van der Waals surface area (Å²) in [6.45, 7) is 11.6. The summed E-state index contributed by atoms with van der Waals surface area (Å²) in [5.41, 5.74) is 3.00. The van der Waals surface area contributed by atoms with E-state index < -0.39 is 23.3 Å². The molecule has 0 aliphatic rings. The van der Waals surface area contributed by atoms with Crippen LogP contribution in [-0.2, 0) is 0 Å². The van der Waals surface area contributed by atoms with Crippen LogP contribution in [0, 0.1) is 5.82 Å². The maximum atomic E-state index is 13.5. The third kappa shape index (κ3) is 10.4. The van der Waals surface area contributed by atoms with Crippen molar-refractivity contribution in [3.05, 3.63) is 54.0 Å². The predicted octanol–water partition coefficient (Wildman–Crippen LogP) is 6.15. The van der Waals surface area contributed by atoms with Crippen molar-refractivity contribution in [1.29, 1.82) is 0 Å². The van der Waals surface area contributed by atoms with Crippen LogP contribution in [0.4, 0.5) is 17.6 Å². The van der Waals surface area contributed by atoms with Crippen molar-refractivity contribution in [2.45, 2.75) is 46.7 Å². The van der Waals surface area contributed by atoms with E-state index in [1.807, 2.05) is 19.9 Å².